The number of nitrogens with zero attached hydrogens (tertiary/aromatic N) is 4. The molecule has 0 amide bonds. The van der Waals surface area contributed by atoms with Gasteiger partial charge in [-0.3, -0.25) is 0 Å². The Hall–Kier alpha value is -1.88. The van der Waals surface area contributed by atoms with Crippen molar-refractivity contribution in [2.75, 3.05) is 18.6 Å². The molecule has 1 aromatic carbocycles. The molecule has 1 heterocycles. The molecule has 0 atom stereocenters. The van der Waals surface area contributed by atoms with Gasteiger partial charge in [-0.25, -0.2) is 0 Å². The van der Waals surface area contributed by atoms with E-state index in [0.717, 1.165) is 5.69 Å². The van der Waals surface area contributed by atoms with Crippen LogP contribution in [0.2, 0.25) is 5.28 Å². The van der Waals surface area contributed by atoms with Crippen molar-refractivity contribution in [3.8, 4) is 6.01 Å². The second-order valence-corrected chi connectivity index (χ2v) is 4.35. The summed E-state index contributed by atoms with van der Waals surface area (Å²) >= 11 is 5.87. The normalized spacial score (nSPS) is 10.3. The SMILES string of the molecule is CCOc1nc(Cl)nc(N(C)c2ccc(C)cc2)n1. The third-order valence-corrected chi connectivity index (χ3v) is 2.74. The van der Waals surface area contributed by atoms with E-state index in [2.05, 4.69) is 15.0 Å². The molecule has 0 unspecified atom stereocenters. The number of halogens is 1. The Balaban J connectivity index is 2.32. The zero-order valence-corrected chi connectivity index (χ0v) is 11.8. The maximum Gasteiger partial charge on any atom is 0.322 e. The van der Waals surface area contributed by atoms with Crippen molar-refractivity contribution in [3.05, 3.63) is 35.1 Å². The van der Waals surface area contributed by atoms with E-state index in [9.17, 15) is 0 Å². The fraction of sp³-hybridized carbons (Fsp3) is 0.308. The van der Waals surface area contributed by atoms with Crippen molar-refractivity contribution in [1.29, 1.82) is 0 Å². The molecule has 5 nitrogen and oxygen atoms in total. The molecule has 0 N–H and O–H groups in total. The van der Waals surface area contributed by atoms with Gasteiger partial charge in [0, 0.05) is 12.7 Å². The smallest absolute Gasteiger partial charge is 0.322 e. The molecule has 0 aliphatic carbocycles. The molecule has 2 rings (SSSR count). The van der Waals surface area contributed by atoms with Gasteiger partial charge in [0.2, 0.25) is 11.2 Å². The Morgan fingerprint density at radius 2 is 1.84 bits per heavy atom. The number of hydrogen-bond acceptors (Lipinski definition) is 5. The molecule has 0 radical (unpaired) electrons. The van der Waals surface area contributed by atoms with Gasteiger partial charge in [0.05, 0.1) is 6.61 Å². The summed E-state index contributed by atoms with van der Waals surface area (Å²) in [5, 5.41) is 0.118. The quantitative estimate of drug-likeness (QED) is 0.860. The Morgan fingerprint density at radius 3 is 2.47 bits per heavy atom. The van der Waals surface area contributed by atoms with E-state index < -0.39 is 0 Å². The zero-order chi connectivity index (χ0) is 13.8. The van der Waals surface area contributed by atoms with Crippen LogP contribution in [0.1, 0.15) is 12.5 Å². The molecule has 2 aromatic rings. The molecule has 100 valence electrons. The van der Waals surface area contributed by atoms with Crippen molar-refractivity contribution in [2.45, 2.75) is 13.8 Å². The molecule has 19 heavy (non-hydrogen) atoms. The lowest BCUT2D eigenvalue weighted by atomic mass is 10.2. The van der Waals surface area contributed by atoms with Crippen LogP contribution in [0.15, 0.2) is 24.3 Å². The van der Waals surface area contributed by atoms with Crippen LogP contribution in [0.5, 0.6) is 6.01 Å². The van der Waals surface area contributed by atoms with Crippen molar-refractivity contribution in [1.82, 2.24) is 15.0 Å². The molecule has 0 bridgehead atoms. The molecular weight excluding hydrogens is 264 g/mol. The summed E-state index contributed by atoms with van der Waals surface area (Å²) in [5.74, 6) is 0.451. The van der Waals surface area contributed by atoms with E-state index in [1.807, 2.05) is 50.1 Å². The molecule has 0 aliphatic rings. The third-order valence-electron chi connectivity index (χ3n) is 2.57. The van der Waals surface area contributed by atoms with Gasteiger partial charge >= 0.3 is 6.01 Å². The van der Waals surface area contributed by atoms with E-state index in [1.54, 1.807) is 0 Å². The van der Waals surface area contributed by atoms with Crippen LogP contribution in [0.25, 0.3) is 0 Å². The molecule has 6 heteroatoms. The highest BCUT2D eigenvalue weighted by molar-refractivity contribution is 6.28. The first-order valence-corrected chi connectivity index (χ1v) is 6.32. The van der Waals surface area contributed by atoms with E-state index in [4.69, 9.17) is 16.3 Å². The van der Waals surface area contributed by atoms with Crippen molar-refractivity contribution >= 4 is 23.2 Å². The molecule has 0 aliphatic heterocycles. The van der Waals surface area contributed by atoms with Gasteiger partial charge < -0.3 is 9.64 Å². The summed E-state index contributed by atoms with van der Waals surface area (Å²) in [6.07, 6.45) is 0. The maximum absolute atomic E-state index is 5.87. The van der Waals surface area contributed by atoms with E-state index >= 15 is 0 Å². The lowest BCUT2D eigenvalue weighted by Gasteiger charge is -2.17. The fourth-order valence-electron chi connectivity index (χ4n) is 1.55. The van der Waals surface area contributed by atoms with Crippen LogP contribution in [0.4, 0.5) is 11.6 Å². The highest BCUT2D eigenvalue weighted by atomic mass is 35.5. The Labute approximate surface area is 117 Å². The number of benzene rings is 1. The predicted octanol–water partition coefficient (Wildman–Crippen LogP) is 3.00. The Bertz CT molecular complexity index is 559. The first kappa shape index (κ1) is 13.5. The monoisotopic (exact) mass is 278 g/mol. The van der Waals surface area contributed by atoms with Gasteiger partial charge in [0.25, 0.3) is 0 Å². The van der Waals surface area contributed by atoms with Crippen molar-refractivity contribution in [2.24, 2.45) is 0 Å². The Kier molecular flexibility index (Phi) is 4.16. The summed E-state index contributed by atoms with van der Waals surface area (Å²) in [6, 6.07) is 8.27. The summed E-state index contributed by atoms with van der Waals surface area (Å²) in [4.78, 5) is 14.1. The number of anilines is 2. The second-order valence-electron chi connectivity index (χ2n) is 4.01. The highest BCUT2D eigenvalue weighted by Crippen LogP contribution is 2.22. The number of hydrogen-bond donors (Lipinski definition) is 0. The van der Waals surface area contributed by atoms with Gasteiger partial charge in [-0.15, -0.1) is 0 Å². The van der Waals surface area contributed by atoms with Crippen LogP contribution in [-0.4, -0.2) is 28.6 Å². The van der Waals surface area contributed by atoms with Crippen molar-refractivity contribution < 1.29 is 4.74 Å². The van der Waals surface area contributed by atoms with Crippen LogP contribution < -0.4 is 9.64 Å². The minimum atomic E-state index is 0.118. The van der Waals surface area contributed by atoms with E-state index in [0.29, 0.717) is 12.6 Å². The predicted molar refractivity (Wildman–Crippen MR) is 75.2 cm³/mol. The first-order valence-electron chi connectivity index (χ1n) is 5.95. The zero-order valence-electron chi connectivity index (χ0n) is 11.1. The minimum absolute atomic E-state index is 0.118. The van der Waals surface area contributed by atoms with E-state index in [1.165, 1.54) is 5.56 Å². The molecule has 0 fully saturated rings. The number of aromatic nitrogens is 3. The lowest BCUT2D eigenvalue weighted by molar-refractivity contribution is 0.311. The number of aryl methyl sites for hydroxylation is 1. The van der Waals surface area contributed by atoms with Gasteiger partial charge in [0.1, 0.15) is 0 Å². The highest BCUT2D eigenvalue weighted by Gasteiger charge is 2.11. The summed E-state index contributed by atoms with van der Waals surface area (Å²) < 4.78 is 5.26. The van der Waals surface area contributed by atoms with Crippen LogP contribution in [-0.2, 0) is 0 Å². The van der Waals surface area contributed by atoms with Crippen LogP contribution in [0.3, 0.4) is 0 Å². The Morgan fingerprint density at radius 1 is 1.16 bits per heavy atom. The van der Waals surface area contributed by atoms with Gasteiger partial charge in [-0.1, -0.05) is 17.7 Å². The van der Waals surface area contributed by atoms with E-state index in [-0.39, 0.29) is 11.3 Å². The van der Waals surface area contributed by atoms with Gasteiger partial charge in [-0.2, -0.15) is 15.0 Å². The molecule has 0 saturated heterocycles. The lowest BCUT2D eigenvalue weighted by Crippen LogP contribution is -2.14. The molecule has 0 saturated carbocycles. The number of rotatable bonds is 4. The summed E-state index contributed by atoms with van der Waals surface area (Å²) in [5.41, 5.74) is 2.16. The standard InChI is InChI=1S/C13H15ClN4O/c1-4-19-13-16-11(14)15-12(17-13)18(3)10-7-5-9(2)6-8-10/h5-8H,4H2,1-3H3. The first-order chi connectivity index (χ1) is 9.10. The average Bonchev–Trinajstić information content (AvgIpc) is 2.38. The molecule has 1 aromatic heterocycles. The van der Waals surface area contributed by atoms with Crippen LogP contribution in [0, 0.1) is 6.92 Å². The summed E-state index contributed by atoms with van der Waals surface area (Å²) in [7, 11) is 1.87. The molecule has 0 spiro atoms. The summed E-state index contributed by atoms with van der Waals surface area (Å²) in [6.45, 7) is 4.38. The number of ether oxygens (including phenoxy) is 1. The maximum atomic E-state index is 5.87. The average molecular weight is 279 g/mol. The second kappa shape index (κ2) is 5.84. The third kappa shape index (κ3) is 3.32. The van der Waals surface area contributed by atoms with Gasteiger partial charge in [-0.05, 0) is 37.6 Å². The molecular formula is C13H15ClN4O. The van der Waals surface area contributed by atoms with Gasteiger partial charge in [0.15, 0.2) is 0 Å². The minimum Gasteiger partial charge on any atom is -0.464 e. The van der Waals surface area contributed by atoms with Crippen LogP contribution >= 0.6 is 11.6 Å². The largest absolute Gasteiger partial charge is 0.464 e. The van der Waals surface area contributed by atoms with Crippen molar-refractivity contribution in [3.63, 3.8) is 0 Å². The topological polar surface area (TPSA) is 51.1 Å². The fourth-order valence-corrected chi connectivity index (χ4v) is 1.70.